The topological polar surface area (TPSA) is 103 Å². The van der Waals surface area contributed by atoms with Gasteiger partial charge in [0.1, 0.15) is 5.82 Å². The van der Waals surface area contributed by atoms with Crippen LogP contribution in [0.4, 0.5) is 11.4 Å². The van der Waals surface area contributed by atoms with Crippen molar-refractivity contribution in [3.8, 4) is 0 Å². The van der Waals surface area contributed by atoms with Gasteiger partial charge in [0.25, 0.3) is 5.69 Å². The molecule has 1 saturated carbocycles. The largest absolute Gasteiger partial charge is 0.325 e. The molecule has 1 aliphatic rings. The Bertz CT molecular complexity index is 800. The lowest BCUT2D eigenvalue weighted by molar-refractivity contribution is -0.384. The molecule has 0 spiro atoms. The molecule has 144 valence electrons. The first-order valence-corrected chi connectivity index (χ1v) is 10.1. The highest BCUT2D eigenvalue weighted by molar-refractivity contribution is 7.99. The number of hydrogen-bond donors (Lipinski definition) is 1. The average Bonchev–Trinajstić information content (AvgIpc) is 3.01. The summed E-state index contributed by atoms with van der Waals surface area (Å²) in [5.41, 5.74) is 0.522. The van der Waals surface area contributed by atoms with Crippen LogP contribution in [0.25, 0.3) is 0 Å². The molecule has 3 rings (SSSR count). The number of benzene rings is 1. The fraction of sp³-hybridized carbons (Fsp3) is 0.500. The molecule has 0 atom stereocenters. The zero-order valence-corrected chi connectivity index (χ0v) is 16.1. The Morgan fingerprint density at radius 3 is 2.63 bits per heavy atom. The van der Waals surface area contributed by atoms with Crippen molar-refractivity contribution in [3.63, 3.8) is 0 Å². The van der Waals surface area contributed by atoms with Crippen molar-refractivity contribution in [2.75, 3.05) is 11.1 Å². The molecule has 0 aliphatic heterocycles. The van der Waals surface area contributed by atoms with Crippen molar-refractivity contribution in [1.29, 1.82) is 0 Å². The summed E-state index contributed by atoms with van der Waals surface area (Å²) in [6, 6.07) is 5.77. The molecule has 0 unspecified atom stereocenters. The first-order valence-electron chi connectivity index (χ1n) is 9.08. The smallest absolute Gasteiger partial charge is 0.269 e. The van der Waals surface area contributed by atoms with Crippen LogP contribution >= 0.6 is 11.8 Å². The number of nitrogens with one attached hydrogen (secondary N) is 1. The molecule has 1 aromatic heterocycles. The first-order chi connectivity index (χ1) is 13.0. The predicted molar refractivity (Wildman–Crippen MR) is 104 cm³/mol. The second kappa shape index (κ2) is 8.98. The summed E-state index contributed by atoms with van der Waals surface area (Å²) in [6.07, 6.45) is 7.39. The van der Waals surface area contributed by atoms with Gasteiger partial charge >= 0.3 is 0 Å². The lowest BCUT2D eigenvalue weighted by Crippen LogP contribution is -2.15. The fourth-order valence-electron chi connectivity index (χ4n) is 3.29. The van der Waals surface area contributed by atoms with Gasteiger partial charge in [0, 0.05) is 31.3 Å². The molecular formula is C18H23N5O3S. The van der Waals surface area contributed by atoms with Gasteiger partial charge in [0.2, 0.25) is 5.91 Å². The van der Waals surface area contributed by atoms with E-state index in [0.29, 0.717) is 11.6 Å². The Labute approximate surface area is 161 Å². The third-order valence-corrected chi connectivity index (χ3v) is 5.84. The maximum atomic E-state index is 12.1. The maximum Gasteiger partial charge on any atom is 0.269 e. The molecule has 27 heavy (non-hydrogen) atoms. The normalized spacial score (nSPS) is 14.9. The first kappa shape index (κ1) is 19.3. The number of aromatic nitrogens is 3. The van der Waals surface area contributed by atoms with E-state index in [-0.39, 0.29) is 17.3 Å². The van der Waals surface area contributed by atoms with Gasteiger partial charge in [-0.15, -0.1) is 10.2 Å². The van der Waals surface area contributed by atoms with Crippen molar-refractivity contribution >= 4 is 29.0 Å². The molecule has 8 nitrogen and oxygen atoms in total. The number of thioether (sulfide) groups is 1. The van der Waals surface area contributed by atoms with Crippen LogP contribution in [0.3, 0.4) is 0 Å². The van der Waals surface area contributed by atoms with Crippen molar-refractivity contribution in [1.82, 2.24) is 14.8 Å². The number of carbonyl (C=O) groups is 1. The summed E-state index contributed by atoms with van der Waals surface area (Å²) in [5.74, 6) is 1.67. The Kier molecular flexibility index (Phi) is 6.44. The van der Waals surface area contributed by atoms with E-state index in [1.807, 2.05) is 11.6 Å². The van der Waals surface area contributed by atoms with Gasteiger partial charge < -0.3 is 9.88 Å². The fourth-order valence-corrected chi connectivity index (χ4v) is 4.02. The van der Waals surface area contributed by atoms with E-state index in [1.165, 1.54) is 68.1 Å². The predicted octanol–water partition coefficient (Wildman–Crippen LogP) is 3.58. The molecule has 9 heteroatoms. The van der Waals surface area contributed by atoms with Crippen LogP contribution in [0, 0.1) is 16.0 Å². The zero-order valence-electron chi connectivity index (χ0n) is 15.3. The number of amides is 1. The highest BCUT2D eigenvalue weighted by atomic mass is 32.2. The number of hydrogen-bond acceptors (Lipinski definition) is 6. The van der Waals surface area contributed by atoms with Crippen LogP contribution < -0.4 is 5.32 Å². The van der Waals surface area contributed by atoms with Gasteiger partial charge in [0.15, 0.2) is 5.16 Å². The van der Waals surface area contributed by atoms with E-state index >= 15 is 0 Å². The van der Waals surface area contributed by atoms with E-state index < -0.39 is 4.92 Å². The summed E-state index contributed by atoms with van der Waals surface area (Å²) in [7, 11) is 1.94. The minimum absolute atomic E-state index is 0.00745. The van der Waals surface area contributed by atoms with Gasteiger partial charge in [-0.1, -0.05) is 43.9 Å². The number of nitro benzene ring substituents is 1. The van der Waals surface area contributed by atoms with Gasteiger partial charge in [-0.25, -0.2) is 0 Å². The number of rotatable bonds is 7. The molecule has 0 bridgehead atoms. The Balaban J connectivity index is 1.50. The standard InChI is InChI=1S/C18H23N5O3S/c1-22-16(11-13-5-3-2-4-6-13)20-21-18(22)27-12-17(24)19-14-7-9-15(10-8-14)23(25)26/h7-10,13H,2-6,11-12H2,1H3,(H,19,24). The monoisotopic (exact) mass is 389 g/mol. The van der Waals surface area contributed by atoms with Crippen molar-refractivity contribution in [2.45, 2.75) is 43.7 Å². The van der Waals surface area contributed by atoms with Crippen LogP contribution in [0.1, 0.15) is 37.9 Å². The Hall–Kier alpha value is -2.42. The Morgan fingerprint density at radius 2 is 1.96 bits per heavy atom. The van der Waals surface area contributed by atoms with E-state index in [9.17, 15) is 14.9 Å². The highest BCUT2D eigenvalue weighted by Gasteiger charge is 2.18. The number of nitrogens with zero attached hydrogens (tertiary/aromatic N) is 4. The van der Waals surface area contributed by atoms with Crippen LogP contribution in [0.2, 0.25) is 0 Å². The summed E-state index contributed by atoms with van der Waals surface area (Å²) < 4.78 is 1.97. The van der Waals surface area contributed by atoms with Crippen molar-refractivity contribution in [2.24, 2.45) is 13.0 Å². The van der Waals surface area contributed by atoms with Crippen LogP contribution in [0.15, 0.2) is 29.4 Å². The molecule has 0 saturated heterocycles. The van der Waals surface area contributed by atoms with E-state index in [4.69, 9.17) is 0 Å². The lowest BCUT2D eigenvalue weighted by Gasteiger charge is -2.20. The van der Waals surface area contributed by atoms with Crippen LogP contribution in [0.5, 0.6) is 0 Å². The third-order valence-electron chi connectivity index (χ3n) is 4.82. The van der Waals surface area contributed by atoms with Gasteiger partial charge in [-0.3, -0.25) is 14.9 Å². The minimum atomic E-state index is -0.472. The van der Waals surface area contributed by atoms with E-state index in [2.05, 4.69) is 15.5 Å². The van der Waals surface area contributed by atoms with Gasteiger partial charge in [-0.2, -0.15) is 0 Å². The van der Waals surface area contributed by atoms with Crippen LogP contribution in [-0.2, 0) is 18.3 Å². The van der Waals surface area contributed by atoms with E-state index in [0.717, 1.165) is 17.4 Å². The number of nitro groups is 1. The molecular weight excluding hydrogens is 366 g/mol. The molecule has 1 heterocycles. The third kappa shape index (κ3) is 5.29. The average molecular weight is 389 g/mol. The number of non-ortho nitro benzene ring substituents is 1. The molecule has 1 aliphatic carbocycles. The van der Waals surface area contributed by atoms with Gasteiger partial charge in [0.05, 0.1) is 10.7 Å². The molecule has 1 amide bonds. The van der Waals surface area contributed by atoms with Crippen LogP contribution in [-0.4, -0.2) is 31.3 Å². The summed E-state index contributed by atoms with van der Waals surface area (Å²) >= 11 is 1.33. The molecule has 1 N–H and O–H groups in total. The maximum absolute atomic E-state index is 12.1. The highest BCUT2D eigenvalue weighted by Crippen LogP contribution is 2.27. The SMILES string of the molecule is Cn1c(CC2CCCCC2)nnc1SCC(=O)Nc1ccc([N+](=O)[O-])cc1. The minimum Gasteiger partial charge on any atom is -0.325 e. The summed E-state index contributed by atoms with van der Waals surface area (Å²) in [4.78, 5) is 22.3. The van der Waals surface area contributed by atoms with Crippen molar-refractivity contribution in [3.05, 3.63) is 40.2 Å². The molecule has 0 radical (unpaired) electrons. The van der Waals surface area contributed by atoms with Gasteiger partial charge in [-0.05, 0) is 18.1 Å². The molecule has 1 aromatic carbocycles. The van der Waals surface area contributed by atoms with Crippen molar-refractivity contribution < 1.29 is 9.72 Å². The molecule has 1 fully saturated rings. The molecule has 2 aromatic rings. The number of anilines is 1. The second-order valence-electron chi connectivity index (χ2n) is 6.81. The quantitative estimate of drug-likeness (QED) is 0.441. The summed E-state index contributed by atoms with van der Waals surface area (Å²) in [5, 5.41) is 22.6. The van der Waals surface area contributed by atoms with E-state index in [1.54, 1.807) is 0 Å². The Morgan fingerprint density at radius 1 is 1.26 bits per heavy atom. The summed E-state index contributed by atoms with van der Waals surface area (Å²) in [6.45, 7) is 0. The zero-order chi connectivity index (χ0) is 19.2. The second-order valence-corrected chi connectivity index (χ2v) is 7.75. The number of carbonyl (C=O) groups excluding carboxylic acids is 1. The lowest BCUT2D eigenvalue weighted by atomic mass is 9.87.